The summed E-state index contributed by atoms with van der Waals surface area (Å²) in [5.74, 6) is 0.945. The summed E-state index contributed by atoms with van der Waals surface area (Å²) in [4.78, 5) is 12.5. The molecule has 24 heavy (non-hydrogen) atoms. The van der Waals surface area contributed by atoms with E-state index in [1.807, 2.05) is 31.2 Å². The molecule has 2 rings (SSSR count). The molecule has 1 aliphatic carbocycles. The van der Waals surface area contributed by atoms with Crippen LogP contribution >= 0.6 is 0 Å². The van der Waals surface area contributed by atoms with Crippen LogP contribution in [-0.2, 0) is 9.53 Å². The first-order valence-electron chi connectivity index (χ1n) is 8.94. The maximum absolute atomic E-state index is 12.5. The SMILES string of the molecule is C=C(C(=O)OC1CC(C)CCC1C(C)C)C(O)c1ccc(C)cc1. The Hall–Kier alpha value is -1.61. The van der Waals surface area contributed by atoms with Gasteiger partial charge in [0.05, 0.1) is 5.57 Å². The van der Waals surface area contributed by atoms with Crippen molar-refractivity contribution in [2.45, 2.75) is 59.2 Å². The fourth-order valence-corrected chi connectivity index (χ4v) is 3.52. The molecule has 0 saturated heterocycles. The zero-order chi connectivity index (χ0) is 17.9. The first-order chi connectivity index (χ1) is 11.3. The van der Waals surface area contributed by atoms with Gasteiger partial charge in [-0.05, 0) is 43.1 Å². The van der Waals surface area contributed by atoms with Crippen LogP contribution in [0.1, 0.15) is 57.3 Å². The van der Waals surface area contributed by atoms with Crippen molar-refractivity contribution in [3.05, 3.63) is 47.5 Å². The van der Waals surface area contributed by atoms with E-state index < -0.39 is 12.1 Å². The highest BCUT2D eigenvalue weighted by Gasteiger charge is 2.34. The van der Waals surface area contributed by atoms with Gasteiger partial charge in [-0.15, -0.1) is 0 Å². The number of hydrogen-bond acceptors (Lipinski definition) is 3. The summed E-state index contributed by atoms with van der Waals surface area (Å²) >= 11 is 0. The van der Waals surface area contributed by atoms with Gasteiger partial charge in [0.15, 0.2) is 0 Å². The topological polar surface area (TPSA) is 46.5 Å². The number of aryl methyl sites for hydroxylation is 1. The summed E-state index contributed by atoms with van der Waals surface area (Å²) in [6.07, 6.45) is 2.07. The Labute approximate surface area is 145 Å². The van der Waals surface area contributed by atoms with Crippen LogP contribution < -0.4 is 0 Å². The highest BCUT2D eigenvalue weighted by molar-refractivity contribution is 5.89. The summed E-state index contributed by atoms with van der Waals surface area (Å²) in [7, 11) is 0. The van der Waals surface area contributed by atoms with Gasteiger partial charge >= 0.3 is 5.97 Å². The highest BCUT2D eigenvalue weighted by atomic mass is 16.5. The lowest BCUT2D eigenvalue weighted by atomic mass is 9.75. The van der Waals surface area contributed by atoms with Crippen molar-refractivity contribution in [2.75, 3.05) is 0 Å². The molecule has 0 bridgehead atoms. The normalized spacial score (nSPS) is 25.3. The van der Waals surface area contributed by atoms with Crippen LogP contribution in [0.4, 0.5) is 0 Å². The van der Waals surface area contributed by atoms with E-state index in [1.54, 1.807) is 0 Å². The molecule has 132 valence electrons. The average Bonchev–Trinajstić information content (AvgIpc) is 2.54. The molecule has 0 aliphatic heterocycles. The van der Waals surface area contributed by atoms with E-state index in [2.05, 4.69) is 27.4 Å². The first kappa shape index (κ1) is 18.7. The van der Waals surface area contributed by atoms with E-state index in [-0.39, 0.29) is 11.7 Å². The number of ether oxygens (including phenoxy) is 1. The molecule has 1 aromatic rings. The second-order valence-electron chi connectivity index (χ2n) is 7.61. The number of esters is 1. The van der Waals surface area contributed by atoms with Crippen LogP contribution in [0, 0.1) is 24.7 Å². The third kappa shape index (κ3) is 4.47. The van der Waals surface area contributed by atoms with Gasteiger partial charge in [0.2, 0.25) is 0 Å². The van der Waals surface area contributed by atoms with Gasteiger partial charge in [-0.3, -0.25) is 0 Å². The number of aliphatic hydroxyl groups excluding tert-OH is 1. The molecule has 0 radical (unpaired) electrons. The van der Waals surface area contributed by atoms with Crippen molar-refractivity contribution in [1.29, 1.82) is 0 Å². The molecule has 3 heteroatoms. The fraction of sp³-hybridized carbons (Fsp3) is 0.571. The Morgan fingerprint density at radius 2 is 1.88 bits per heavy atom. The summed E-state index contributed by atoms with van der Waals surface area (Å²) in [5.41, 5.74) is 1.88. The molecular weight excluding hydrogens is 300 g/mol. The van der Waals surface area contributed by atoms with Gasteiger partial charge < -0.3 is 9.84 Å². The Balaban J connectivity index is 2.04. The minimum absolute atomic E-state index is 0.0804. The minimum atomic E-state index is -1.02. The fourth-order valence-electron chi connectivity index (χ4n) is 3.52. The Morgan fingerprint density at radius 3 is 2.46 bits per heavy atom. The average molecular weight is 330 g/mol. The van der Waals surface area contributed by atoms with E-state index in [4.69, 9.17) is 4.74 Å². The van der Waals surface area contributed by atoms with Crippen molar-refractivity contribution in [2.24, 2.45) is 17.8 Å². The van der Waals surface area contributed by atoms with Crippen molar-refractivity contribution in [3.63, 3.8) is 0 Å². The Kier molecular flexibility index (Phi) is 6.22. The maximum atomic E-state index is 12.5. The third-order valence-electron chi connectivity index (χ3n) is 5.21. The number of carbonyl (C=O) groups excluding carboxylic acids is 1. The molecule has 1 N–H and O–H groups in total. The van der Waals surface area contributed by atoms with Crippen molar-refractivity contribution in [1.82, 2.24) is 0 Å². The van der Waals surface area contributed by atoms with Crippen LogP contribution in [0.3, 0.4) is 0 Å². The number of carbonyl (C=O) groups is 1. The monoisotopic (exact) mass is 330 g/mol. The standard InChI is InChI=1S/C21H30O3/c1-13(2)18-11-8-15(4)12-19(18)24-21(23)16(5)20(22)17-9-6-14(3)7-10-17/h6-7,9-10,13,15,18-20,22H,5,8,11-12H2,1-4H3. The van der Waals surface area contributed by atoms with Gasteiger partial charge in [0, 0.05) is 0 Å². The Morgan fingerprint density at radius 1 is 1.25 bits per heavy atom. The van der Waals surface area contributed by atoms with Crippen LogP contribution in [-0.4, -0.2) is 17.2 Å². The second-order valence-corrected chi connectivity index (χ2v) is 7.61. The van der Waals surface area contributed by atoms with E-state index in [1.165, 1.54) is 6.42 Å². The zero-order valence-corrected chi connectivity index (χ0v) is 15.3. The van der Waals surface area contributed by atoms with E-state index in [0.717, 1.165) is 18.4 Å². The number of rotatable bonds is 5. The molecular formula is C21H30O3. The molecule has 1 fully saturated rings. The quantitative estimate of drug-likeness (QED) is 0.634. The van der Waals surface area contributed by atoms with Crippen LogP contribution in [0.5, 0.6) is 0 Å². The van der Waals surface area contributed by atoms with Gasteiger partial charge in [-0.25, -0.2) is 4.79 Å². The molecule has 1 saturated carbocycles. The lowest BCUT2D eigenvalue weighted by molar-refractivity contribution is -0.152. The van der Waals surface area contributed by atoms with Crippen molar-refractivity contribution < 1.29 is 14.6 Å². The van der Waals surface area contributed by atoms with Crippen LogP contribution in [0.15, 0.2) is 36.4 Å². The summed E-state index contributed by atoms with van der Waals surface area (Å²) in [6, 6.07) is 7.46. The largest absolute Gasteiger partial charge is 0.459 e. The summed E-state index contributed by atoms with van der Waals surface area (Å²) < 4.78 is 5.77. The molecule has 3 nitrogen and oxygen atoms in total. The lowest BCUT2D eigenvalue weighted by Gasteiger charge is -2.37. The highest BCUT2D eigenvalue weighted by Crippen LogP contribution is 2.36. The molecule has 4 unspecified atom stereocenters. The van der Waals surface area contributed by atoms with Crippen molar-refractivity contribution >= 4 is 5.97 Å². The van der Waals surface area contributed by atoms with Gasteiger partial charge in [-0.2, -0.15) is 0 Å². The smallest absolute Gasteiger partial charge is 0.336 e. The van der Waals surface area contributed by atoms with Crippen LogP contribution in [0.2, 0.25) is 0 Å². The number of hydrogen-bond donors (Lipinski definition) is 1. The molecule has 0 heterocycles. The van der Waals surface area contributed by atoms with E-state index in [9.17, 15) is 9.90 Å². The predicted molar refractivity (Wildman–Crippen MR) is 96.5 cm³/mol. The number of benzene rings is 1. The summed E-state index contributed by atoms with van der Waals surface area (Å²) in [5, 5.41) is 10.4. The third-order valence-corrected chi connectivity index (χ3v) is 5.21. The molecule has 0 amide bonds. The van der Waals surface area contributed by atoms with Crippen LogP contribution in [0.25, 0.3) is 0 Å². The molecule has 0 spiro atoms. The van der Waals surface area contributed by atoms with Gasteiger partial charge in [-0.1, -0.05) is 63.6 Å². The molecule has 0 aromatic heterocycles. The van der Waals surface area contributed by atoms with E-state index in [0.29, 0.717) is 23.3 Å². The van der Waals surface area contributed by atoms with Crippen molar-refractivity contribution in [3.8, 4) is 0 Å². The molecule has 4 atom stereocenters. The lowest BCUT2D eigenvalue weighted by Crippen LogP contribution is -2.36. The predicted octanol–water partition coefficient (Wildman–Crippen LogP) is 4.59. The maximum Gasteiger partial charge on any atom is 0.336 e. The molecule has 1 aliphatic rings. The molecule has 1 aromatic carbocycles. The van der Waals surface area contributed by atoms with E-state index >= 15 is 0 Å². The second kappa shape index (κ2) is 7.98. The zero-order valence-electron chi connectivity index (χ0n) is 15.3. The van der Waals surface area contributed by atoms with Gasteiger partial charge in [0.25, 0.3) is 0 Å². The van der Waals surface area contributed by atoms with Gasteiger partial charge in [0.1, 0.15) is 12.2 Å². The summed E-state index contributed by atoms with van der Waals surface area (Å²) in [6.45, 7) is 12.3. The minimum Gasteiger partial charge on any atom is -0.459 e. The first-order valence-corrected chi connectivity index (χ1v) is 8.94. The Bertz CT molecular complexity index is 573. The number of aliphatic hydroxyl groups is 1.